The molecule has 118 valence electrons. The Kier molecular flexibility index (Phi) is 5.31. The largest absolute Gasteiger partial charge is 0.342 e. The van der Waals surface area contributed by atoms with Crippen molar-refractivity contribution in [3.63, 3.8) is 0 Å². The maximum Gasteiger partial charge on any atom is 0.224 e. The summed E-state index contributed by atoms with van der Waals surface area (Å²) in [4.78, 5) is 19.6. The van der Waals surface area contributed by atoms with E-state index < -0.39 is 0 Å². The van der Waals surface area contributed by atoms with Crippen LogP contribution >= 0.6 is 21.6 Å². The third-order valence-corrected chi connectivity index (χ3v) is 6.80. The Labute approximate surface area is 138 Å². The lowest BCUT2D eigenvalue weighted by atomic mass is 10.1. The summed E-state index contributed by atoms with van der Waals surface area (Å²) in [5, 5.41) is 3.78. The van der Waals surface area contributed by atoms with Crippen LogP contribution in [0.2, 0.25) is 0 Å². The first-order valence-corrected chi connectivity index (χ1v) is 10.1. The molecule has 1 saturated heterocycles. The van der Waals surface area contributed by atoms with Crippen LogP contribution in [0.4, 0.5) is 5.69 Å². The first kappa shape index (κ1) is 15.7. The summed E-state index contributed by atoms with van der Waals surface area (Å²) in [6.07, 6.45) is 5.28. The van der Waals surface area contributed by atoms with E-state index in [4.69, 9.17) is 0 Å². The zero-order valence-corrected chi connectivity index (χ0v) is 14.4. The summed E-state index contributed by atoms with van der Waals surface area (Å²) >= 11 is 0. The molecule has 0 unspecified atom stereocenters. The van der Waals surface area contributed by atoms with Crippen LogP contribution in [0.3, 0.4) is 0 Å². The van der Waals surface area contributed by atoms with Gasteiger partial charge in [0.1, 0.15) is 5.82 Å². The highest BCUT2D eigenvalue weighted by Crippen LogP contribution is 2.39. The van der Waals surface area contributed by atoms with E-state index in [9.17, 15) is 4.79 Å². The van der Waals surface area contributed by atoms with Gasteiger partial charge in [0, 0.05) is 23.1 Å². The molecule has 1 aliphatic rings. The topological polar surface area (TPSA) is 57.8 Å². The maximum absolute atomic E-state index is 12.0. The Morgan fingerprint density at radius 2 is 2.36 bits per heavy atom. The van der Waals surface area contributed by atoms with E-state index in [0.29, 0.717) is 6.42 Å². The molecule has 3 rings (SSSR count). The molecule has 1 atom stereocenters. The number of rotatable bonds is 6. The van der Waals surface area contributed by atoms with Crippen LogP contribution in [0.25, 0.3) is 11.0 Å². The molecule has 0 radical (unpaired) electrons. The van der Waals surface area contributed by atoms with Gasteiger partial charge in [-0.25, -0.2) is 4.98 Å². The van der Waals surface area contributed by atoms with Crippen molar-refractivity contribution in [1.29, 1.82) is 0 Å². The fourth-order valence-electron chi connectivity index (χ4n) is 2.66. The lowest BCUT2D eigenvalue weighted by Crippen LogP contribution is -2.11. The van der Waals surface area contributed by atoms with Crippen molar-refractivity contribution in [3.8, 4) is 0 Å². The number of hydrogen-bond acceptors (Lipinski definition) is 4. The van der Waals surface area contributed by atoms with Gasteiger partial charge < -0.3 is 10.3 Å². The number of nitrogens with zero attached hydrogens (tertiary/aromatic N) is 1. The molecule has 1 fully saturated rings. The third-order valence-electron chi connectivity index (χ3n) is 3.79. The molecule has 0 spiro atoms. The second-order valence-electron chi connectivity index (χ2n) is 5.68. The average Bonchev–Trinajstić information content (AvgIpc) is 3.11. The van der Waals surface area contributed by atoms with Gasteiger partial charge in [0.15, 0.2) is 0 Å². The van der Waals surface area contributed by atoms with Crippen molar-refractivity contribution < 1.29 is 4.79 Å². The van der Waals surface area contributed by atoms with E-state index >= 15 is 0 Å². The van der Waals surface area contributed by atoms with Crippen LogP contribution in [0.1, 0.15) is 37.9 Å². The van der Waals surface area contributed by atoms with E-state index in [-0.39, 0.29) is 5.91 Å². The van der Waals surface area contributed by atoms with E-state index in [2.05, 4.69) is 15.3 Å². The SMILES string of the molecule is Cc1nc2ccc(NC(=O)CCCC[C@@H]3CCSS3)cc2[nH]1. The van der Waals surface area contributed by atoms with Gasteiger partial charge >= 0.3 is 0 Å². The fourth-order valence-corrected chi connectivity index (χ4v) is 5.69. The number of imidazole rings is 1. The van der Waals surface area contributed by atoms with Gasteiger partial charge in [-0.2, -0.15) is 0 Å². The zero-order valence-electron chi connectivity index (χ0n) is 12.7. The molecule has 22 heavy (non-hydrogen) atoms. The molecular formula is C16H21N3OS2. The number of carbonyl (C=O) groups is 1. The number of amides is 1. The molecule has 4 nitrogen and oxygen atoms in total. The van der Waals surface area contributed by atoms with Crippen molar-refractivity contribution in [2.24, 2.45) is 0 Å². The van der Waals surface area contributed by atoms with Gasteiger partial charge in [0.2, 0.25) is 5.91 Å². The van der Waals surface area contributed by atoms with Crippen LogP contribution in [0.15, 0.2) is 18.2 Å². The Hall–Kier alpha value is -1.14. The van der Waals surface area contributed by atoms with Crippen LogP contribution in [0.5, 0.6) is 0 Å². The smallest absolute Gasteiger partial charge is 0.224 e. The van der Waals surface area contributed by atoms with Gasteiger partial charge in [-0.05, 0) is 44.4 Å². The van der Waals surface area contributed by atoms with Gasteiger partial charge in [0.25, 0.3) is 0 Å². The van der Waals surface area contributed by atoms with E-state index in [1.165, 1.54) is 18.6 Å². The lowest BCUT2D eigenvalue weighted by Gasteiger charge is -2.07. The quantitative estimate of drug-likeness (QED) is 0.602. The third kappa shape index (κ3) is 4.20. The molecule has 0 aliphatic carbocycles. The van der Waals surface area contributed by atoms with Crippen molar-refractivity contribution in [2.45, 2.75) is 44.3 Å². The van der Waals surface area contributed by atoms with Gasteiger partial charge in [0.05, 0.1) is 11.0 Å². The number of anilines is 1. The van der Waals surface area contributed by atoms with Gasteiger partial charge in [-0.3, -0.25) is 4.79 Å². The first-order valence-electron chi connectivity index (χ1n) is 7.75. The second kappa shape index (κ2) is 7.42. The minimum Gasteiger partial charge on any atom is -0.342 e. The Bertz CT molecular complexity index is 650. The van der Waals surface area contributed by atoms with Crippen molar-refractivity contribution in [1.82, 2.24) is 9.97 Å². The number of aromatic nitrogens is 2. The van der Waals surface area contributed by atoms with Crippen LogP contribution in [-0.2, 0) is 4.79 Å². The molecule has 6 heteroatoms. The van der Waals surface area contributed by atoms with E-state index in [1.54, 1.807) is 0 Å². The normalized spacial score (nSPS) is 18.0. The molecule has 0 saturated carbocycles. The molecule has 0 bridgehead atoms. The van der Waals surface area contributed by atoms with Crippen LogP contribution in [0, 0.1) is 6.92 Å². The molecule has 1 aliphatic heterocycles. The average molecular weight is 335 g/mol. The standard InChI is InChI=1S/C16H21N3OS2/c1-11-17-14-7-6-12(10-15(14)18-11)19-16(20)5-3-2-4-13-8-9-21-22-13/h6-7,10,13H,2-5,8-9H2,1H3,(H,17,18)(H,19,20)/t13-/m1/s1. The molecule has 2 N–H and O–H groups in total. The Balaban J connectivity index is 1.43. The molecule has 1 aromatic heterocycles. The number of unbranched alkanes of at least 4 members (excludes halogenated alkanes) is 1. The highest BCUT2D eigenvalue weighted by Gasteiger charge is 2.15. The second-order valence-corrected chi connectivity index (χ2v) is 8.46. The monoisotopic (exact) mass is 335 g/mol. The summed E-state index contributed by atoms with van der Waals surface area (Å²) in [6, 6.07) is 5.79. The summed E-state index contributed by atoms with van der Waals surface area (Å²) < 4.78 is 0. The van der Waals surface area contributed by atoms with Gasteiger partial charge in [-0.15, -0.1) is 0 Å². The minimum atomic E-state index is 0.101. The first-order chi connectivity index (χ1) is 10.7. The number of aromatic amines is 1. The zero-order chi connectivity index (χ0) is 15.4. The summed E-state index contributed by atoms with van der Waals surface area (Å²) in [6.45, 7) is 1.93. The molecule has 1 aromatic carbocycles. The molecule has 2 heterocycles. The highest BCUT2D eigenvalue weighted by atomic mass is 33.1. The maximum atomic E-state index is 12.0. The van der Waals surface area contributed by atoms with Crippen LogP contribution in [-0.4, -0.2) is 26.9 Å². The van der Waals surface area contributed by atoms with Crippen molar-refractivity contribution >= 4 is 44.2 Å². The van der Waals surface area contributed by atoms with Crippen molar-refractivity contribution in [2.75, 3.05) is 11.1 Å². The number of H-pyrrole nitrogens is 1. The number of nitrogens with one attached hydrogen (secondary N) is 2. The van der Waals surface area contributed by atoms with E-state index in [1.807, 2.05) is 46.7 Å². The lowest BCUT2D eigenvalue weighted by molar-refractivity contribution is -0.116. The number of carbonyl (C=O) groups excluding carboxylic acids is 1. The number of benzene rings is 1. The number of aryl methyl sites for hydroxylation is 1. The molecule has 2 aromatic rings. The highest BCUT2D eigenvalue weighted by molar-refractivity contribution is 8.77. The predicted molar refractivity (Wildman–Crippen MR) is 96.4 cm³/mol. The van der Waals surface area contributed by atoms with Crippen molar-refractivity contribution in [3.05, 3.63) is 24.0 Å². The minimum absolute atomic E-state index is 0.101. The number of fused-ring (bicyclic) bond motifs is 1. The fraction of sp³-hybridized carbons (Fsp3) is 0.500. The Morgan fingerprint density at radius 3 is 3.18 bits per heavy atom. The van der Waals surface area contributed by atoms with Gasteiger partial charge in [-0.1, -0.05) is 28.0 Å². The predicted octanol–water partition coefficient (Wildman–Crippen LogP) is 4.52. The summed E-state index contributed by atoms with van der Waals surface area (Å²) in [7, 11) is 3.99. The number of hydrogen-bond donors (Lipinski definition) is 2. The van der Waals surface area contributed by atoms with E-state index in [0.717, 1.165) is 40.6 Å². The summed E-state index contributed by atoms with van der Waals surface area (Å²) in [5.41, 5.74) is 2.73. The molecular weight excluding hydrogens is 314 g/mol. The van der Waals surface area contributed by atoms with Crippen LogP contribution < -0.4 is 5.32 Å². The Morgan fingerprint density at radius 1 is 1.45 bits per heavy atom. The molecule has 1 amide bonds. The summed E-state index contributed by atoms with van der Waals surface area (Å²) in [5.74, 6) is 2.27.